The molecular formula is C14H19FN4. The number of anilines is 2. The first-order valence-corrected chi connectivity index (χ1v) is 6.37. The third-order valence-electron chi connectivity index (χ3n) is 3.20. The second-order valence-corrected chi connectivity index (χ2v) is 4.58. The van der Waals surface area contributed by atoms with Crippen molar-refractivity contribution in [2.75, 3.05) is 11.1 Å². The van der Waals surface area contributed by atoms with Gasteiger partial charge in [-0.15, -0.1) is 0 Å². The third kappa shape index (κ3) is 2.70. The van der Waals surface area contributed by atoms with Crippen LogP contribution in [0.15, 0.2) is 24.3 Å². The summed E-state index contributed by atoms with van der Waals surface area (Å²) in [6.07, 6.45) is 0. The molecule has 1 aromatic carbocycles. The molecule has 0 spiro atoms. The van der Waals surface area contributed by atoms with Crippen molar-refractivity contribution in [3.05, 3.63) is 41.3 Å². The van der Waals surface area contributed by atoms with E-state index >= 15 is 0 Å². The summed E-state index contributed by atoms with van der Waals surface area (Å²) in [7, 11) is 0. The maximum Gasteiger partial charge on any atom is 0.148 e. The van der Waals surface area contributed by atoms with Gasteiger partial charge in [0.1, 0.15) is 11.6 Å². The second kappa shape index (κ2) is 5.30. The van der Waals surface area contributed by atoms with Crippen LogP contribution in [0.4, 0.5) is 15.9 Å². The summed E-state index contributed by atoms with van der Waals surface area (Å²) < 4.78 is 14.7. The monoisotopic (exact) mass is 262 g/mol. The molecule has 0 fully saturated rings. The van der Waals surface area contributed by atoms with Crippen LogP contribution >= 0.6 is 0 Å². The summed E-state index contributed by atoms with van der Waals surface area (Å²) in [4.78, 5) is 0. The van der Waals surface area contributed by atoms with E-state index in [-0.39, 0.29) is 11.9 Å². The van der Waals surface area contributed by atoms with Gasteiger partial charge < -0.3 is 11.1 Å². The molecule has 2 rings (SSSR count). The maximum atomic E-state index is 12.9. The van der Waals surface area contributed by atoms with E-state index in [0.29, 0.717) is 5.69 Å². The van der Waals surface area contributed by atoms with Crippen LogP contribution in [0.3, 0.4) is 0 Å². The van der Waals surface area contributed by atoms with E-state index in [9.17, 15) is 4.39 Å². The summed E-state index contributed by atoms with van der Waals surface area (Å²) in [6.45, 7) is 6.65. The summed E-state index contributed by atoms with van der Waals surface area (Å²) in [5.74, 6) is 0.585. The van der Waals surface area contributed by atoms with E-state index in [4.69, 9.17) is 5.73 Å². The van der Waals surface area contributed by atoms with Crippen molar-refractivity contribution >= 4 is 11.5 Å². The fourth-order valence-corrected chi connectivity index (χ4v) is 2.02. The summed E-state index contributed by atoms with van der Waals surface area (Å²) >= 11 is 0. The number of nitrogens with zero attached hydrogens (tertiary/aromatic N) is 2. The average Bonchev–Trinajstić information content (AvgIpc) is 2.67. The Morgan fingerprint density at radius 3 is 2.58 bits per heavy atom. The van der Waals surface area contributed by atoms with Gasteiger partial charge in [-0.3, -0.25) is 0 Å². The second-order valence-electron chi connectivity index (χ2n) is 4.58. The quantitative estimate of drug-likeness (QED) is 0.890. The Bertz CT molecular complexity index is 560. The van der Waals surface area contributed by atoms with Gasteiger partial charge in [0.25, 0.3) is 0 Å². The van der Waals surface area contributed by atoms with Crippen molar-refractivity contribution in [3.63, 3.8) is 0 Å². The fourth-order valence-electron chi connectivity index (χ4n) is 2.02. The third-order valence-corrected chi connectivity index (χ3v) is 3.20. The molecule has 19 heavy (non-hydrogen) atoms. The van der Waals surface area contributed by atoms with Gasteiger partial charge in [0, 0.05) is 6.54 Å². The van der Waals surface area contributed by atoms with E-state index in [1.54, 1.807) is 12.1 Å². The number of hydrogen-bond acceptors (Lipinski definition) is 3. The summed E-state index contributed by atoms with van der Waals surface area (Å²) in [5, 5.41) is 7.70. The summed E-state index contributed by atoms with van der Waals surface area (Å²) in [5.41, 5.74) is 8.50. The lowest BCUT2D eigenvalue weighted by atomic mass is 10.1. The lowest BCUT2D eigenvalue weighted by Gasteiger charge is -2.17. The number of nitrogens with two attached hydrogens (primary N) is 1. The van der Waals surface area contributed by atoms with Crippen LogP contribution in [0, 0.1) is 12.7 Å². The van der Waals surface area contributed by atoms with Crippen molar-refractivity contribution in [1.82, 2.24) is 9.78 Å². The van der Waals surface area contributed by atoms with E-state index in [1.165, 1.54) is 12.1 Å². The van der Waals surface area contributed by atoms with Crippen LogP contribution in [0.2, 0.25) is 0 Å². The zero-order valence-corrected chi connectivity index (χ0v) is 11.4. The molecule has 0 saturated heterocycles. The number of aryl methyl sites for hydroxylation is 2. The molecule has 0 radical (unpaired) electrons. The van der Waals surface area contributed by atoms with Gasteiger partial charge in [-0.05, 0) is 38.5 Å². The van der Waals surface area contributed by atoms with Gasteiger partial charge in [-0.25, -0.2) is 9.07 Å². The Balaban J connectivity index is 2.23. The molecule has 5 heteroatoms. The molecule has 1 heterocycles. The normalized spacial score (nSPS) is 12.4. The van der Waals surface area contributed by atoms with Crippen molar-refractivity contribution in [1.29, 1.82) is 0 Å². The predicted molar refractivity (Wildman–Crippen MR) is 75.5 cm³/mol. The van der Waals surface area contributed by atoms with Gasteiger partial charge in [-0.2, -0.15) is 5.10 Å². The van der Waals surface area contributed by atoms with Crippen LogP contribution < -0.4 is 11.1 Å². The lowest BCUT2D eigenvalue weighted by Crippen LogP contribution is -2.12. The summed E-state index contributed by atoms with van der Waals surface area (Å²) in [6, 6.07) is 6.48. The van der Waals surface area contributed by atoms with Gasteiger partial charge in [0.05, 0.1) is 17.4 Å². The largest absolute Gasteiger partial charge is 0.394 e. The Morgan fingerprint density at radius 1 is 1.37 bits per heavy atom. The number of benzene rings is 1. The van der Waals surface area contributed by atoms with Gasteiger partial charge in [0.15, 0.2) is 0 Å². The maximum absolute atomic E-state index is 12.9. The van der Waals surface area contributed by atoms with E-state index in [2.05, 4.69) is 10.4 Å². The molecule has 4 nitrogen and oxygen atoms in total. The number of aromatic nitrogens is 2. The first-order chi connectivity index (χ1) is 9.02. The first kappa shape index (κ1) is 13.4. The highest BCUT2D eigenvalue weighted by molar-refractivity contribution is 5.65. The Hall–Kier alpha value is -2.04. The fraction of sp³-hybridized carbons (Fsp3) is 0.357. The number of rotatable bonds is 4. The smallest absolute Gasteiger partial charge is 0.148 e. The highest BCUT2D eigenvalue weighted by Gasteiger charge is 2.14. The van der Waals surface area contributed by atoms with Gasteiger partial charge in [-0.1, -0.05) is 12.1 Å². The van der Waals surface area contributed by atoms with Gasteiger partial charge in [0.2, 0.25) is 0 Å². The molecular weight excluding hydrogens is 243 g/mol. The molecule has 1 atom stereocenters. The zero-order valence-electron chi connectivity index (χ0n) is 11.4. The molecule has 0 aliphatic rings. The Labute approximate surface area is 112 Å². The highest BCUT2D eigenvalue weighted by atomic mass is 19.1. The molecule has 0 bridgehead atoms. The zero-order chi connectivity index (χ0) is 14.0. The number of halogens is 1. The Kier molecular flexibility index (Phi) is 3.74. The molecule has 0 saturated carbocycles. The van der Waals surface area contributed by atoms with Crippen molar-refractivity contribution in [3.8, 4) is 0 Å². The highest BCUT2D eigenvalue weighted by Crippen LogP contribution is 2.26. The van der Waals surface area contributed by atoms with Crippen LogP contribution in [0.25, 0.3) is 0 Å². The van der Waals surface area contributed by atoms with E-state index < -0.39 is 0 Å². The van der Waals surface area contributed by atoms with E-state index in [0.717, 1.165) is 23.6 Å². The molecule has 3 N–H and O–H groups in total. The topological polar surface area (TPSA) is 55.9 Å². The number of hydrogen-bond donors (Lipinski definition) is 2. The molecule has 0 aliphatic carbocycles. The molecule has 1 aromatic heterocycles. The standard InChI is InChI=1S/C14H19FN4/c1-4-19-14(13(16)10(3)18-19)17-9(2)11-5-7-12(15)8-6-11/h5-9,17H,4,16H2,1-3H3. The van der Waals surface area contributed by atoms with Crippen LogP contribution in [-0.2, 0) is 6.54 Å². The SMILES string of the molecule is CCn1nc(C)c(N)c1NC(C)c1ccc(F)cc1. The molecule has 2 aromatic rings. The minimum atomic E-state index is -0.232. The molecule has 0 amide bonds. The predicted octanol–water partition coefficient (Wildman–Crippen LogP) is 3.11. The van der Waals surface area contributed by atoms with Crippen molar-refractivity contribution in [2.45, 2.75) is 33.4 Å². The van der Waals surface area contributed by atoms with Crippen LogP contribution in [-0.4, -0.2) is 9.78 Å². The minimum Gasteiger partial charge on any atom is -0.394 e. The molecule has 102 valence electrons. The van der Waals surface area contributed by atoms with E-state index in [1.807, 2.05) is 25.5 Å². The average molecular weight is 262 g/mol. The first-order valence-electron chi connectivity index (χ1n) is 6.37. The Morgan fingerprint density at radius 2 is 2.00 bits per heavy atom. The van der Waals surface area contributed by atoms with Crippen LogP contribution in [0.5, 0.6) is 0 Å². The minimum absolute atomic E-state index is 0.0318. The molecule has 0 aliphatic heterocycles. The molecule has 1 unspecified atom stereocenters. The number of nitrogen functional groups attached to an aromatic ring is 1. The van der Waals surface area contributed by atoms with Crippen LogP contribution in [0.1, 0.15) is 31.1 Å². The lowest BCUT2D eigenvalue weighted by molar-refractivity contribution is 0.625. The number of nitrogens with one attached hydrogen (secondary N) is 1. The van der Waals surface area contributed by atoms with Crippen molar-refractivity contribution < 1.29 is 4.39 Å². The van der Waals surface area contributed by atoms with Gasteiger partial charge >= 0.3 is 0 Å². The van der Waals surface area contributed by atoms with Crippen molar-refractivity contribution in [2.24, 2.45) is 0 Å².